The summed E-state index contributed by atoms with van der Waals surface area (Å²) in [6.45, 7) is -0.558. The predicted molar refractivity (Wildman–Crippen MR) is 102 cm³/mol. The third kappa shape index (κ3) is 3.76. The zero-order chi connectivity index (χ0) is 20.5. The van der Waals surface area contributed by atoms with Gasteiger partial charge in [0, 0.05) is 17.5 Å². The van der Waals surface area contributed by atoms with Crippen molar-refractivity contribution in [2.45, 2.75) is 30.7 Å². The summed E-state index contributed by atoms with van der Waals surface area (Å²) in [5.74, 6) is 0.218. The lowest BCUT2D eigenvalue weighted by molar-refractivity contribution is -0.277. The van der Waals surface area contributed by atoms with Gasteiger partial charge < -0.3 is 34.3 Å². The van der Waals surface area contributed by atoms with E-state index in [4.69, 9.17) is 13.9 Å². The quantitative estimate of drug-likeness (QED) is 0.470. The van der Waals surface area contributed by atoms with Crippen molar-refractivity contribution in [1.29, 1.82) is 0 Å². The topological polar surface area (TPSA) is 130 Å². The van der Waals surface area contributed by atoms with Gasteiger partial charge in [-0.05, 0) is 23.3 Å². The first-order valence-corrected chi connectivity index (χ1v) is 9.08. The van der Waals surface area contributed by atoms with Crippen LogP contribution in [-0.4, -0.2) is 57.7 Å². The first-order valence-electron chi connectivity index (χ1n) is 9.08. The van der Waals surface area contributed by atoms with E-state index in [2.05, 4.69) is 0 Å². The lowest BCUT2D eigenvalue weighted by Gasteiger charge is -2.39. The summed E-state index contributed by atoms with van der Waals surface area (Å²) in [6.07, 6.45) is -6.97. The second kappa shape index (κ2) is 7.94. The van der Waals surface area contributed by atoms with Crippen LogP contribution in [0, 0.1) is 0 Å². The Kier molecular flexibility index (Phi) is 5.35. The molecule has 4 rings (SSSR count). The minimum absolute atomic E-state index is 0.218. The summed E-state index contributed by atoms with van der Waals surface area (Å²) >= 11 is 0. The van der Waals surface area contributed by atoms with Crippen molar-refractivity contribution in [2.75, 3.05) is 6.61 Å². The van der Waals surface area contributed by atoms with E-state index in [1.807, 2.05) is 30.3 Å². The van der Waals surface area contributed by atoms with Crippen molar-refractivity contribution in [3.05, 3.63) is 65.0 Å². The minimum Gasteiger partial charge on any atom is -0.462 e. The van der Waals surface area contributed by atoms with Gasteiger partial charge >= 0.3 is 5.63 Å². The van der Waals surface area contributed by atoms with E-state index in [0.29, 0.717) is 10.9 Å². The SMILES string of the molecule is O=c1cc(-c2ccccc2)c2ccc(OC3OC(CO)C(O)C(O)C3O)cc2o1. The molecule has 0 spiro atoms. The maximum atomic E-state index is 12.0. The van der Waals surface area contributed by atoms with Gasteiger partial charge in [-0.3, -0.25) is 0 Å². The van der Waals surface area contributed by atoms with Gasteiger partial charge in [0.05, 0.1) is 6.61 Å². The van der Waals surface area contributed by atoms with Crippen LogP contribution in [0.1, 0.15) is 0 Å². The summed E-state index contributed by atoms with van der Waals surface area (Å²) in [7, 11) is 0. The Bertz CT molecular complexity index is 1050. The Labute approximate surface area is 165 Å². The van der Waals surface area contributed by atoms with Crippen molar-refractivity contribution >= 4 is 11.0 Å². The smallest absolute Gasteiger partial charge is 0.336 e. The van der Waals surface area contributed by atoms with E-state index in [1.54, 1.807) is 12.1 Å². The summed E-state index contributed by atoms with van der Waals surface area (Å²) in [6, 6.07) is 15.6. The van der Waals surface area contributed by atoms with Gasteiger partial charge in [-0.15, -0.1) is 0 Å². The Morgan fingerprint density at radius 1 is 0.931 bits per heavy atom. The average molecular weight is 400 g/mol. The van der Waals surface area contributed by atoms with Gasteiger partial charge in [-0.1, -0.05) is 30.3 Å². The molecule has 5 atom stereocenters. The van der Waals surface area contributed by atoms with Gasteiger partial charge in [0.2, 0.25) is 6.29 Å². The Morgan fingerprint density at radius 3 is 2.41 bits per heavy atom. The molecule has 4 N–H and O–H groups in total. The fraction of sp³-hybridized carbons (Fsp3) is 0.286. The zero-order valence-corrected chi connectivity index (χ0v) is 15.2. The second-order valence-electron chi connectivity index (χ2n) is 6.82. The van der Waals surface area contributed by atoms with Gasteiger partial charge in [-0.25, -0.2) is 4.79 Å². The Morgan fingerprint density at radius 2 is 1.69 bits per heavy atom. The molecule has 1 aliphatic heterocycles. The van der Waals surface area contributed by atoms with Crippen LogP contribution in [0.4, 0.5) is 0 Å². The second-order valence-corrected chi connectivity index (χ2v) is 6.82. The molecular formula is C21H20O8. The normalized spacial score (nSPS) is 27.1. The molecule has 5 unspecified atom stereocenters. The van der Waals surface area contributed by atoms with Crippen LogP contribution < -0.4 is 10.4 Å². The monoisotopic (exact) mass is 400 g/mol. The van der Waals surface area contributed by atoms with Crippen LogP contribution in [0.3, 0.4) is 0 Å². The van der Waals surface area contributed by atoms with Crippen LogP contribution in [0.2, 0.25) is 0 Å². The van der Waals surface area contributed by atoms with E-state index in [0.717, 1.165) is 5.56 Å². The summed E-state index contributed by atoms with van der Waals surface area (Å²) in [5, 5.41) is 39.8. The zero-order valence-electron chi connectivity index (χ0n) is 15.2. The molecule has 0 aliphatic carbocycles. The van der Waals surface area contributed by atoms with Gasteiger partial charge in [0.1, 0.15) is 35.7 Å². The van der Waals surface area contributed by atoms with E-state index < -0.39 is 42.9 Å². The Hall–Kier alpha value is -2.75. The van der Waals surface area contributed by atoms with E-state index in [1.165, 1.54) is 12.1 Å². The molecule has 0 amide bonds. The molecule has 1 aromatic heterocycles. The molecule has 2 heterocycles. The summed E-state index contributed by atoms with van der Waals surface area (Å²) in [5.41, 5.74) is 1.31. The van der Waals surface area contributed by atoms with Crippen LogP contribution in [0.5, 0.6) is 5.75 Å². The highest BCUT2D eigenvalue weighted by molar-refractivity contribution is 5.93. The van der Waals surface area contributed by atoms with Crippen molar-refractivity contribution in [3.8, 4) is 16.9 Å². The predicted octanol–water partition coefficient (Wildman–Crippen LogP) is 0.639. The molecule has 1 fully saturated rings. The largest absolute Gasteiger partial charge is 0.462 e. The standard InChI is InChI=1S/C21H20O8/c22-10-16-18(24)19(25)20(26)21(29-16)27-12-6-7-13-14(11-4-2-1-3-5-11)9-17(23)28-15(13)8-12/h1-9,16,18-22,24-26H,10H2. The fourth-order valence-electron chi connectivity index (χ4n) is 3.37. The van der Waals surface area contributed by atoms with Crippen molar-refractivity contribution in [1.82, 2.24) is 0 Å². The molecule has 0 radical (unpaired) electrons. The highest BCUT2D eigenvalue weighted by Gasteiger charge is 2.44. The number of ether oxygens (including phenoxy) is 2. The summed E-state index contributed by atoms with van der Waals surface area (Å²) < 4.78 is 16.2. The van der Waals surface area contributed by atoms with Crippen molar-refractivity contribution in [3.63, 3.8) is 0 Å². The molecule has 2 aromatic carbocycles. The number of rotatable bonds is 4. The number of fused-ring (bicyclic) bond motifs is 1. The maximum Gasteiger partial charge on any atom is 0.336 e. The molecule has 29 heavy (non-hydrogen) atoms. The lowest BCUT2D eigenvalue weighted by atomic mass is 9.99. The van der Waals surface area contributed by atoms with Gasteiger partial charge in [-0.2, -0.15) is 0 Å². The Balaban J connectivity index is 1.67. The summed E-state index contributed by atoms with van der Waals surface area (Å²) in [4.78, 5) is 12.0. The number of hydrogen-bond acceptors (Lipinski definition) is 8. The number of benzene rings is 2. The molecule has 0 saturated carbocycles. The van der Waals surface area contributed by atoms with E-state index in [-0.39, 0.29) is 11.3 Å². The highest BCUT2D eigenvalue weighted by atomic mass is 16.7. The van der Waals surface area contributed by atoms with Gasteiger partial charge in [0.25, 0.3) is 0 Å². The van der Waals surface area contributed by atoms with Crippen LogP contribution in [0.25, 0.3) is 22.1 Å². The van der Waals surface area contributed by atoms with E-state index in [9.17, 15) is 25.2 Å². The molecule has 3 aromatic rings. The van der Waals surface area contributed by atoms with E-state index >= 15 is 0 Å². The number of aliphatic hydroxyl groups excluding tert-OH is 4. The first-order chi connectivity index (χ1) is 14.0. The highest BCUT2D eigenvalue weighted by Crippen LogP contribution is 2.31. The van der Waals surface area contributed by atoms with Crippen LogP contribution in [-0.2, 0) is 4.74 Å². The molecular weight excluding hydrogens is 380 g/mol. The van der Waals surface area contributed by atoms with Crippen molar-refractivity contribution in [2.24, 2.45) is 0 Å². The molecule has 152 valence electrons. The van der Waals surface area contributed by atoms with Crippen LogP contribution >= 0.6 is 0 Å². The molecule has 1 saturated heterocycles. The molecule has 8 heteroatoms. The fourth-order valence-corrected chi connectivity index (χ4v) is 3.37. The van der Waals surface area contributed by atoms with Crippen LogP contribution in [0.15, 0.2) is 63.8 Å². The number of hydrogen-bond donors (Lipinski definition) is 4. The first kappa shape index (κ1) is 19.6. The average Bonchev–Trinajstić information content (AvgIpc) is 2.74. The third-order valence-corrected chi connectivity index (χ3v) is 4.90. The van der Waals surface area contributed by atoms with Gasteiger partial charge in [0.15, 0.2) is 0 Å². The molecule has 8 nitrogen and oxygen atoms in total. The molecule has 1 aliphatic rings. The third-order valence-electron chi connectivity index (χ3n) is 4.90. The lowest BCUT2D eigenvalue weighted by Crippen LogP contribution is -2.60. The van der Waals surface area contributed by atoms with Crippen molar-refractivity contribution < 1.29 is 34.3 Å². The molecule has 0 bridgehead atoms. The number of aliphatic hydroxyl groups is 4. The maximum absolute atomic E-state index is 12.0. The minimum atomic E-state index is -1.55.